The number of aliphatic hydroxyl groups excluding tert-OH is 9. The molecule has 2 heterocycles. The van der Waals surface area contributed by atoms with Crippen LogP contribution in [0.2, 0.25) is 0 Å². The van der Waals surface area contributed by atoms with Crippen molar-refractivity contribution in [3.63, 3.8) is 0 Å². The molecule has 2 aliphatic heterocycles. The van der Waals surface area contributed by atoms with Gasteiger partial charge in [-0.3, -0.25) is 0 Å². The van der Waals surface area contributed by atoms with Crippen molar-refractivity contribution in [2.75, 3.05) is 13.2 Å². The maximum atomic E-state index is 12.3. The van der Waals surface area contributed by atoms with Crippen molar-refractivity contribution in [2.45, 2.75) is 192 Å². The molecule has 0 aromatic rings. The summed E-state index contributed by atoms with van der Waals surface area (Å²) in [4.78, 5) is 0. The first-order valence-corrected chi connectivity index (χ1v) is 21.0. The molecule has 0 aromatic carbocycles. The minimum atomic E-state index is -1.81. The smallest absolute Gasteiger partial charge is 0.187 e. The van der Waals surface area contributed by atoms with E-state index in [0.717, 1.165) is 19.3 Å². The summed E-state index contributed by atoms with van der Waals surface area (Å²) in [6.45, 7) is 15.5. The molecule has 0 radical (unpaired) electrons. The molecule has 0 spiro atoms. The molecule has 6 fully saturated rings. The maximum absolute atomic E-state index is 12.3. The molecule has 0 amide bonds. The van der Waals surface area contributed by atoms with Gasteiger partial charge in [-0.1, -0.05) is 46.3 Å². The predicted molar refractivity (Wildman–Crippen MR) is 202 cm³/mol. The summed E-state index contributed by atoms with van der Waals surface area (Å²) in [5, 5.41) is 110. The lowest BCUT2D eigenvalue weighted by molar-refractivity contribution is -0.383. The quantitative estimate of drug-likeness (QED) is 0.110. The van der Waals surface area contributed by atoms with Gasteiger partial charge in [0.25, 0.3) is 0 Å². The zero-order valence-corrected chi connectivity index (χ0v) is 34.6. The number of allylic oxidation sites excluding steroid dienone is 2. The highest BCUT2D eigenvalue weighted by Gasteiger charge is 2.73. The fraction of sp³-hybridized carbons (Fsp3) is 0.952. The molecular formula is C42H72O14. The van der Waals surface area contributed by atoms with Gasteiger partial charge in [0.15, 0.2) is 12.6 Å². The number of aliphatic hydroxyl groups is 10. The third-order valence-corrected chi connectivity index (χ3v) is 16.5. The molecule has 324 valence electrons. The third-order valence-electron chi connectivity index (χ3n) is 16.5. The third kappa shape index (κ3) is 7.16. The summed E-state index contributed by atoms with van der Waals surface area (Å²) < 4.78 is 24.9. The van der Waals surface area contributed by atoms with Gasteiger partial charge in [0.1, 0.15) is 48.8 Å². The Labute approximate surface area is 331 Å². The Bertz CT molecular complexity index is 1400. The van der Waals surface area contributed by atoms with Crippen molar-refractivity contribution in [1.29, 1.82) is 0 Å². The van der Waals surface area contributed by atoms with Crippen LogP contribution < -0.4 is 0 Å². The van der Waals surface area contributed by atoms with E-state index < -0.39 is 120 Å². The van der Waals surface area contributed by atoms with Crippen molar-refractivity contribution in [3.05, 3.63) is 11.6 Å². The minimum absolute atomic E-state index is 0.0169. The van der Waals surface area contributed by atoms with Gasteiger partial charge in [0.05, 0.1) is 37.1 Å². The molecule has 0 unspecified atom stereocenters. The molecule has 6 rings (SSSR count). The summed E-state index contributed by atoms with van der Waals surface area (Å²) >= 11 is 0. The van der Waals surface area contributed by atoms with E-state index in [0.29, 0.717) is 32.1 Å². The average molecular weight is 801 g/mol. The molecule has 14 heteroatoms. The first kappa shape index (κ1) is 44.7. The predicted octanol–water partition coefficient (Wildman–Crippen LogP) is 1.12. The number of hydrogen-bond donors (Lipinski definition) is 10. The summed E-state index contributed by atoms with van der Waals surface area (Å²) in [6, 6.07) is 0. The summed E-state index contributed by atoms with van der Waals surface area (Å²) in [5.74, 6) is -0.623. The van der Waals surface area contributed by atoms with E-state index in [1.54, 1.807) is 0 Å². The van der Waals surface area contributed by atoms with Crippen LogP contribution in [0.15, 0.2) is 11.6 Å². The lowest BCUT2D eigenvalue weighted by Crippen LogP contribution is -2.71. The van der Waals surface area contributed by atoms with Gasteiger partial charge >= 0.3 is 0 Å². The second-order valence-electron chi connectivity index (χ2n) is 20.3. The fourth-order valence-corrected chi connectivity index (χ4v) is 13.4. The molecule has 0 bridgehead atoms. The van der Waals surface area contributed by atoms with Gasteiger partial charge in [0, 0.05) is 0 Å². The summed E-state index contributed by atoms with van der Waals surface area (Å²) in [6.07, 6.45) is -10.6. The SMILES string of the molecule is CC(C)=CCC[C@](C)(O)[C@H]1CC[C@]2(C)[C@@H]1[C@H](O)C[C@H]1[C@@]3(C)CC[C@H](O)C(C)(C)[C@@H]3[C@@H](O[C@@H]3O[C@H](CO)[C@@H](O)[C@H](O)[C@H]3O[C@@H]3O[C@H](CO)[C@@H](O)[C@H](O)[C@H]3O)C[C@]12C. The van der Waals surface area contributed by atoms with Crippen molar-refractivity contribution < 1.29 is 70.0 Å². The van der Waals surface area contributed by atoms with Crippen LogP contribution in [0, 0.1) is 45.3 Å². The van der Waals surface area contributed by atoms with Crippen molar-refractivity contribution >= 4 is 0 Å². The molecule has 2 saturated heterocycles. The highest BCUT2D eigenvalue weighted by Crippen LogP contribution is 2.76. The Kier molecular flexibility index (Phi) is 12.7. The van der Waals surface area contributed by atoms with Gasteiger partial charge in [0.2, 0.25) is 0 Å². The number of rotatable bonds is 10. The normalized spacial score (nSPS) is 52.6. The number of hydrogen-bond acceptors (Lipinski definition) is 14. The van der Waals surface area contributed by atoms with E-state index in [-0.39, 0.29) is 23.7 Å². The topological polar surface area (TPSA) is 239 Å². The fourth-order valence-electron chi connectivity index (χ4n) is 13.4. The zero-order chi connectivity index (χ0) is 41.5. The van der Waals surface area contributed by atoms with Crippen molar-refractivity contribution in [2.24, 2.45) is 45.3 Å². The molecule has 10 N–H and O–H groups in total. The van der Waals surface area contributed by atoms with Crippen LogP contribution in [0.4, 0.5) is 0 Å². The van der Waals surface area contributed by atoms with Crippen LogP contribution in [0.5, 0.6) is 0 Å². The summed E-state index contributed by atoms with van der Waals surface area (Å²) in [7, 11) is 0. The van der Waals surface area contributed by atoms with Crippen LogP contribution in [-0.2, 0) is 18.9 Å². The van der Waals surface area contributed by atoms with E-state index in [2.05, 4.69) is 26.8 Å². The van der Waals surface area contributed by atoms with Gasteiger partial charge in [-0.05, 0) is 117 Å². The van der Waals surface area contributed by atoms with Crippen LogP contribution in [0.3, 0.4) is 0 Å². The zero-order valence-electron chi connectivity index (χ0n) is 34.6. The standard InChI is InChI=1S/C42H72O14/c1-20(2)10-9-13-42(8,52)21-11-15-40(6)28(21)22(45)16-26-39(5)14-12-27(46)38(3,4)35(39)23(17-41(26,40)7)53-37-34(32(50)30(48)25(19-44)55-37)56-36-33(51)31(49)29(47)24(18-43)54-36/h10,21-37,43-52H,9,11-19H2,1-8H3/t21-,22+,23-,24+,25+,26-,27-,28-,29+,30+,31-,32-,33+,34+,35-,36-,37+,39+,40+,41+,42-/m0/s1. The molecular weight excluding hydrogens is 728 g/mol. The largest absolute Gasteiger partial charge is 0.394 e. The number of fused-ring (bicyclic) bond motifs is 5. The van der Waals surface area contributed by atoms with Crippen LogP contribution in [0.25, 0.3) is 0 Å². The van der Waals surface area contributed by atoms with E-state index >= 15 is 0 Å². The Hall–Kier alpha value is -0.820. The van der Waals surface area contributed by atoms with Gasteiger partial charge in [-0.25, -0.2) is 0 Å². The first-order valence-electron chi connectivity index (χ1n) is 21.0. The van der Waals surface area contributed by atoms with Crippen LogP contribution >= 0.6 is 0 Å². The minimum Gasteiger partial charge on any atom is -0.394 e. The van der Waals surface area contributed by atoms with E-state index in [1.165, 1.54) is 5.57 Å². The molecule has 14 nitrogen and oxygen atoms in total. The Balaban J connectivity index is 1.38. The molecule has 0 aromatic heterocycles. The van der Waals surface area contributed by atoms with Gasteiger partial charge < -0.3 is 70.0 Å². The Morgan fingerprint density at radius 3 is 1.98 bits per heavy atom. The summed E-state index contributed by atoms with van der Waals surface area (Å²) in [5.41, 5.74) is -1.85. The van der Waals surface area contributed by atoms with E-state index in [4.69, 9.17) is 18.9 Å². The monoisotopic (exact) mass is 800 g/mol. The first-order chi connectivity index (χ1) is 26.0. The molecule has 4 aliphatic carbocycles. The lowest BCUT2D eigenvalue weighted by Gasteiger charge is -2.72. The lowest BCUT2D eigenvalue weighted by atomic mass is 9.34. The maximum Gasteiger partial charge on any atom is 0.187 e. The second-order valence-corrected chi connectivity index (χ2v) is 20.3. The van der Waals surface area contributed by atoms with E-state index in [1.807, 2.05) is 34.6 Å². The van der Waals surface area contributed by atoms with E-state index in [9.17, 15) is 51.1 Å². The molecule has 6 aliphatic rings. The van der Waals surface area contributed by atoms with Crippen molar-refractivity contribution in [3.8, 4) is 0 Å². The van der Waals surface area contributed by atoms with Gasteiger partial charge in [-0.15, -0.1) is 0 Å². The van der Waals surface area contributed by atoms with Crippen LogP contribution in [-0.4, -0.2) is 150 Å². The van der Waals surface area contributed by atoms with Gasteiger partial charge in [-0.2, -0.15) is 0 Å². The highest BCUT2D eigenvalue weighted by atomic mass is 16.8. The molecule has 4 saturated carbocycles. The second kappa shape index (κ2) is 15.9. The molecule has 56 heavy (non-hydrogen) atoms. The van der Waals surface area contributed by atoms with Crippen LogP contribution in [0.1, 0.15) is 107 Å². The highest BCUT2D eigenvalue weighted by molar-refractivity contribution is 5.22. The average Bonchev–Trinajstić information content (AvgIpc) is 3.51. The Morgan fingerprint density at radius 1 is 0.768 bits per heavy atom. The van der Waals surface area contributed by atoms with Crippen molar-refractivity contribution in [1.82, 2.24) is 0 Å². The number of ether oxygens (including phenoxy) is 4. The Morgan fingerprint density at radius 2 is 1.38 bits per heavy atom. The molecule has 21 atom stereocenters.